The number of amides is 2. The number of carbonyl (C=O) groups excluding carboxylic acids is 2. The first kappa shape index (κ1) is 22.2. The second kappa shape index (κ2) is 10.1. The van der Waals surface area contributed by atoms with Gasteiger partial charge in [0.15, 0.2) is 0 Å². The van der Waals surface area contributed by atoms with E-state index in [0.29, 0.717) is 55.6 Å². The quantitative estimate of drug-likeness (QED) is 0.732. The standard InChI is InChI=1S/C23H29N5O4/c1-16-20(23(30)26-18-3-5-19(31-2)6-4-18)13-24-22(25-16)17-7-8-28(14-17)21(29)15-27-9-11-32-12-10-27/h3-6,13,17H,7-12,14-15H2,1-2H3,(H,26,30)/t17-/m0/s1. The van der Waals surface area contributed by atoms with Crippen LogP contribution in [0.2, 0.25) is 0 Å². The topological polar surface area (TPSA) is 96.9 Å². The van der Waals surface area contributed by atoms with Crippen LogP contribution in [0, 0.1) is 6.92 Å². The van der Waals surface area contributed by atoms with Gasteiger partial charge in [-0.05, 0) is 37.6 Å². The highest BCUT2D eigenvalue weighted by Gasteiger charge is 2.30. The summed E-state index contributed by atoms with van der Waals surface area (Å²) in [6.45, 7) is 6.51. The van der Waals surface area contributed by atoms with E-state index in [1.54, 1.807) is 37.6 Å². The lowest BCUT2D eigenvalue weighted by Gasteiger charge is -2.28. The number of benzene rings is 1. The molecule has 0 unspecified atom stereocenters. The number of carbonyl (C=O) groups is 2. The number of aromatic nitrogens is 2. The van der Waals surface area contributed by atoms with Crippen molar-refractivity contribution < 1.29 is 19.1 Å². The molecule has 3 heterocycles. The Labute approximate surface area is 187 Å². The van der Waals surface area contributed by atoms with E-state index < -0.39 is 0 Å². The van der Waals surface area contributed by atoms with Gasteiger partial charge in [-0.25, -0.2) is 9.97 Å². The van der Waals surface area contributed by atoms with Gasteiger partial charge in [-0.15, -0.1) is 0 Å². The minimum absolute atomic E-state index is 0.0843. The zero-order valence-corrected chi connectivity index (χ0v) is 18.5. The molecule has 2 amide bonds. The minimum atomic E-state index is -0.257. The maximum Gasteiger partial charge on any atom is 0.259 e. The van der Waals surface area contributed by atoms with Gasteiger partial charge in [0.2, 0.25) is 5.91 Å². The van der Waals surface area contributed by atoms with E-state index in [2.05, 4.69) is 20.2 Å². The highest BCUT2D eigenvalue weighted by molar-refractivity contribution is 6.04. The Kier molecular flexibility index (Phi) is 6.96. The van der Waals surface area contributed by atoms with Crippen LogP contribution in [-0.4, -0.2) is 84.6 Å². The monoisotopic (exact) mass is 439 g/mol. The summed E-state index contributed by atoms with van der Waals surface area (Å²) >= 11 is 0. The van der Waals surface area contributed by atoms with E-state index in [4.69, 9.17) is 9.47 Å². The molecule has 32 heavy (non-hydrogen) atoms. The lowest BCUT2D eigenvalue weighted by atomic mass is 10.1. The summed E-state index contributed by atoms with van der Waals surface area (Å²) in [7, 11) is 1.60. The third kappa shape index (κ3) is 5.23. The number of ether oxygens (including phenoxy) is 2. The van der Waals surface area contributed by atoms with Gasteiger partial charge in [-0.2, -0.15) is 0 Å². The molecule has 1 aromatic heterocycles. The smallest absolute Gasteiger partial charge is 0.259 e. The second-order valence-electron chi connectivity index (χ2n) is 8.12. The van der Waals surface area contributed by atoms with Crippen LogP contribution in [-0.2, 0) is 9.53 Å². The summed E-state index contributed by atoms with van der Waals surface area (Å²) in [6.07, 6.45) is 2.40. The largest absolute Gasteiger partial charge is 0.497 e. The second-order valence-corrected chi connectivity index (χ2v) is 8.12. The third-order valence-electron chi connectivity index (χ3n) is 5.96. The molecule has 1 aromatic carbocycles. The van der Waals surface area contributed by atoms with Crippen LogP contribution < -0.4 is 10.1 Å². The number of rotatable bonds is 6. The Hall–Kier alpha value is -3.04. The van der Waals surface area contributed by atoms with Crippen LogP contribution in [0.4, 0.5) is 5.69 Å². The number of nitrogens with one attached hydrogen (secondary N) is 1. The number of aryl methyl sites for hydroxylation is 1. The molecule has 170 valence electrons. The van der Waals surface area contributed by atoms with E-state index in [0.717, 1.165) is 25.3 Å². The maximum absolute atomic E-state index is 12.7. The van der Waals surface area contributed by atoms with Crippen LogP contribution in [0.15, 0.2) is 30.5 Å². The fraction of sp³-hybridized carbons (Fsp3) is 0.478. The van der Waals surface area contributed by atoms with Gasteiger partial charge in [-0.1, -0.05) is 0 Å². The molecular weight excluding hydrogens is 410 g/mol. The molecule has 1 N–H and O–H groups in total. The summed E-state index contributed by atoms with van der Waals surface area (Å²) in [5.41, 5.74) is 1.73. The maximum atomic E-state index is 12.7. The van der Waals surface area contributed by atoms with Crippen molar-refractivity contribution in [1.29, 1.82) is 0 Å². The lowest BCUT2D eigenvalue weighted by Crippen LogP contribution is -2.44. The molecule has 0 radical (unpaired) electrons. The van der Waals surface area contributed by atoms with Crippen molar-refractivity contribution in [3.63, 3.8) is 0 Å². The number of morpholine rings is 1. The molecule has 9 nitrogen and oxygen atoms in total. The Morgan fingerprint density at radius 2 is 1.94 bits per heavy atom. The number of hydrogen-bond donors (Lipinski definition) is 1. The van der Waals surface area contributed by atoms with E-state index in [1.165, 1.54) is 0 Å². The van der Waals surface area contributed by atoms with Crippen molar-refractivity contribution in [3.8, 4) is 5.75 Å². The van der Waals surface area contributed by atoms with E-state index in [9.17, 15) is 9.59 Å². The minimum Gasteiger partial charge on any atom is -0.497 e. The first-order chi connectivity index (χ1) is 15.5. The van der Waals surface area contributed by atoms with Crippen LogP contribution in [0.25, 0.3) is 0 Å². The summed E-state index contributed by atoms with van der Waals surface area (Å²) in [5, 5.41) is 2.86. The Morgan fingerprint density at radius 1 is 1.19 bits per heavy atom. The van der Waals surface area contributed by atoms with Crippen molar-refractivity contribution in [2.45, 2.75) is 19.3 Å². The number of hydrogen-bond acceptors (Lipinski definition) is 7. The van der Waals surface area contributed by atoms with Crippen molar-refractivity contribution >= 4 is 17.5 Å². The van der Waals surface area contributed by atoms with E-state index in [-0.39, 0.29) is 17.7 Å². The molecule has 2 aliphatic rings. The molecule has 2 aromatic rings. The molecule has 0 bridgehead atoms. The predicted molar refractivity (Wildman–Crippen MR) is 119 cm³/mol. The molecule has 2 aliphatic heterocycles. The summed E-state index contributed by atoms with van der Waals surface area (Å²) in [5.74, 6) is 1.38. The summed E-state index contributed by atoms with van der Waals surface area (Å²) in [4.78, 5) is 38.4. The summed E-state index contributed by atoms with van der Waals surface area (Å²) in [6, 6.07) is 7.13. The van der Waals surface area contributed by atoms with E-state index in [1.807, 2.05) is 11.8 Å². The van der Waals surface area contributed by atoms with E-state index >= 15 is 0 Å². The molecule has 0 saturated carbocycles. The Bertz CT molecular complexity index is 959. The zero-order chi connectivity index (χ0) is 22.5. The van der Waals surface area contributed by atoms with Gasteiger partial charge < -0.3 is 19.7 Å². The van der Waals surface area contributed by atoms with Gasteiger partial charge in [0.25, 0.3) is 5.91 Å². The first-order valence-corrected chi connectivity index (χ1v) is 10.9. The zero-order valence-electron chi connectivity index (χ0n) is 18.5. The Balaban J connectivity index is 1.35. The number of methoxy groups -OCH3 is 1. The average molecular weight is 440 g/mol. The molecule has 0 aliphatic carbocycles. The fourth-order valence-electron chi connectivity index (χ4n) is 4.03. The van der Waals surface area contributed by atoms with Crippen molar-refractivity contribution in [1.82, 2.24) is 19.8 Å². The predicted octanol–water partition coefficient (Wildman–Crippen LogP) is 1.69. The average Bonchev–Trinajstić information content (AvgIpc) is 3.31. The highest BCUT2D eigenvalue weighted by atomic mass is 16.5. The lowest BCUT2D eigenvalue weighted by molar-refractivity contribution is -0.132. The Morgan fingerprint density at radius 3 is 2.62 bits per heavy atom. The molecule has 2 saturated heterocycles. The fourth-order valence-corrected chi connectivity index (χ4v) is 4.03. The normalized spacial score (nSPS) is 19.1. The van der Waals surface area contributed by atoms with Crippen LogP contribution in [0.3, 0.4) is 0 Å². The van der Waals surface area contributed by atoms with Crippen LogP contribution in [0.1, 0.15) is 34.2 Å². The first-order valence-electron chi connectivity index (χ1n) is 10.9. The molecule has 1 atom stereocenters. The van der Waals surface area contributed by atoms with Gasteiger partial charge in [0.05, 0.1) is 38.1 Å². The van der Waals surface area contributed by atoms with Crippen molar-refractivity contribution in [2.24, 2.45) is 0 Å². The molecular formula is C23H29N5O4. The molecule has 2 fully saturated rings. The highest BCUT2D eigenvalue weighted by Crippen LogP contribution is 2.25. The number of likely N-dealkylation sites (tertiary alicyclic amines) is 1. The van der Waals surface area contributed by atoms with Gasteiger partial charge >= 0.3 is 0 Å². The van der Waals surface area contributed by atoms with Crippen molar-refractivity contribution in [3.05, 3.63) is 47.5 Å². The number of anilines is 1. The van der Waals surface area contributed by atoms with Gasteiger partial charge in [0, 0.05) is 44.0 Å². The van der Waals surface area contributed by atoms with Gasteiger partial charge in [0.1, 0.15) is 11.6 Å². The van der Waals surface area contributed by atoms with Crippen molar-refractivity contribution in [2.75, 3.05) is 58.4 Å². The third-order valence-corrected chi connectivity index (χ3v) is 5.96. The van der Waals surface area contributed by atoms with Gasteiger partial charge in [-0.3, -0.25) is 14.5 Å². The molecule has 9 heteroatoms. The summed E-state index contributed by atoms with van der Waals surface area (Å²) < 4.78 is 10.5. The van der Waals surface area contributed by atoms with Crippen LogP contribution >= 0.6 is 0 Å². The SMILES string of the molecule is COc1ccc(NC(=O)c2cnc([C@H]3CCN(C(=O)CN4CCOCC4)C3)nc2C)cc1. The van der Waals surface area contributed by atoms with Crippen LogP contribution in [0.5, 0.6) is 5.75 Å². The molecule has 4 rings (SSSR count). The molecule has 0 spiro atoms. The number of nitrogens with zero attached hydrogens (tertiary/aromatic N) is 4.